The van der Waals surface area contributed by atoms with E-state index in [9.17, 15) is 0 Å². The van der Waals surface area contributed by atoms with Gasteiger partial charge >= 0.3 is 0 Å². The third-order valence-corrected chi connectivity index (χ3v) is 12.7. The minimum atomic E-state index is 0.0628. The lowest BCUT2D eigenvalue weighted by Crippen LogP contribution is -2.29. The molecule has 306 valence electrons. The fourth-order valence-electron chi connectivity index (χ4n) is 8.98. The molecular formula is C58H64N2. The second-order valence-electron chi connectivity index (χ2n) is 21.2. The normalized spacial score (nSPS) is 16.6. The van der Waals surface area contributed by atoms with Gasteiger partial charge in [0.05, 0.1) is 5.69 Å². The predicted octanol–water partition coefficient (Wildman–Crippen LogP) is 16.5. The van der Waals surface area contributed by atoms with Crippen LogP contribution in [0.4, 0.5) is 28.4 Å². The monoisotopic (exact) mass is 789 g/mol. The van der Waals surface area contributed by atoms with Gasteiger partial charge < -0.3 is 9.80 Å². The topological polar surface area (TPSA) is 6.48 Å². The molecule has 0 aromatic heterocycles. The van der Waals surface area contributed by atoms with Crippen molar-refractivity contribution in [3.05, 3.63) is 191 Å². The summed E-state index contributed by atoms with van der Waals surface area (Å²) in [5.41, 5.74) is 15.4. The van der Waals surface area contributed by atoms with Crippen molar-refractivity contribution in [2.75, 3.05) is 9.80 Å². The third-order valence-electron chi connectivity index (χ3n) is 12.7. The maximum atomic E-state index is 2.52. The fourth-order valence-corrected chi connectivity index (χ4v) is 8.98. The molecule has 0 N–H and O–H groups in total. The van der Waals surface area contributed by atoms with Crippen LogP contribution >= 0.6 is 0 Å². The fraction of sp³-hybridized carbons (Fsp3) is 0.310. The molecule has 0 saturated carbocycles. The zero-order valence-electron chi connectivity index (χ0n) is 38.1. The number of anilines is 5. The molecule has 0 fully saturated rings. The largest absolute Gasteiger partial charge is 0.314 e. The van der Waals surface area contributed by atoms with Gasteiger partial charge in [0.25, 0.3) is 0 Å². The Morgan fingerprint density at radius 2 is 0.733 bits per heavy atom. The summed E-state index contributed by atoms with van der Waals surface area (Å²) >= 11 is 0. The number of benzene rings is 6. The van der Waals surface area contributed by atoms with Crippen molar-refractivity contribution < 1.29 is 0 Å². The van der Waals surface area contributed by atoms with E-state index in [1.807, 2.05) is 0 Å². The molecular weight excluding hydrogens is 725 g/mol. The van der Waals surface area contributed by atoms with Crippen LogP contribution in [0.15, 0.2) is 157 Å². The van der Waals surface area contributed by atoms with Gasteiger partial charge in [0.2, 0.25) is 0 Å². The van der Waals surface area contributed by atoms with Gasteiger partial charge in [-0.2, -0.15) is 0 Å². The molecule has 2 unspecified atom stereocenters. The molecule has 0 bridgehead atoms. The summed E-state index contributed by atoms with van der Waals surface area (Å²) in [4.78, 5) is 5.00. The van der Waals surface area contributed by atoms with Gasteiger partial charge in [-0.25, -0.2) is 0 Å². The Balaban J connectivity index is 1.36. The first kappa shape index (κ1) is 41.1. The van der Waals surface area contributed by atoms with Gasteiger partial charge in [0.15, 0.2) is 0 Å². The lowest BCUT2D eigenvalue weighted by atomic mass is 9.73. The van der Waals surface area contributed by atoms with E-state index in [-0.39, 0.29) is 33.5 Å². The second kappa shape index (κ2) is 15.1. The van der Waals surface area contributed by atoms with Crippen molar-refractivity contribution in [1.29, 1.82) is 0 Å². The molecule has 2 aliphatic rings. The number of hydrogen-bond donors (Lipinski definition) is 0. The Kier molecular flexibility index (Phi) is 10.4. The standard InChI is InChI=1S/C58H64N2/c1-55(2,3)39-21-29-43(30-22-39)59(44-31-23-40(24-32-44)56(4,5)6)53-37-51-48-18-14-16-20-50(48)54(38-52(51)47-17-13-15-19-49(47)53)60(45-33-25-41(26-34-45)57(7,8)9)46-35-27-42(28-36-46)58(10,11)12/h13-38,47,49H,1-12H3. The molecule has 2 atom stereocenters. The summed E-state index contributed by atoms with van der Waals surface area (Å²) in [5, 5.41) is 2.49. The van der Waals surface area contributed by atoms with Gasteiger partial charge in [-0.15, -0.1) is 0 Å². The molecule has 6 aromatic carbocycles. The SMILES string of the molecule is CC(C)(C)c1ccc(N(C2=Cc3c(cc(N(c4ccc(C(C)(C)C)cc4)c4ccc(C(C)(C)C)cc4)c4ccccc34)C3C=CC=CC23)c2ccc(C(C)(C)C)cc2)cc1. The van der Waals surface area contributed by atoms with E-state index in [2.05, 4.69) is 251 Å². The molecule has 0 aliphatic heterocycles. The van der Waals surface area contributed by atoms with Crippen LogP contribution in [-0.4, -0.2) is 0 Å². The van der Waals surface area contributed by atoms with Gasteiger partial charge in [-0.05, 0) is 121 Å². The van der Waals surface area contributed by atoms with Crippen LogP contribution < -0.4 is 9.80 Å². The van der Waals surface area contributed by atoms with E-state index in [4.69, 9.17) is 0 Å². The summed E-state index contributed by atoms with van der Waals surface area (Å²) < 4.78 is 0. The van der Waals surface area contributed by atoms with E-state index in [1.165, 1.54) is 66.9 Å². The van der Waals surface area contributed by atoms with Crippen molar-refractivity contribution in [2.24, 2.45) is 5.92 Å². The molecule has 2 nitrogen and oxygen atoms in total. The highest BCUT2D eigenvalue weighted by atomic mass is 15.2. The maximum absolute atomic E-state index is 2.52. The quantitative estimate of drug-likeness (QED) is 0.166. The van der Waals surface area contributed by atoms with Crippen LogP contribution in [0.25, 0.3) is 16.8 Å². The van der Waals surface area contributed by atoms with Crippen LogP contribution in [0.3, 0.4) is 0 Å². The predicted molar refractivity (Wildman–Crippen MR) is 261 cm³/mol. The Hall–Kier alpha value is -5.60. The van der Waals surface area contributed by atoms with Crippen molar-refractivity contribution >= 4 is 45.3 Å². The van der Waals surface area contributed by atoms with Crippen molar-refractivity contribution in [2.45, 2.75) is 111 Å². The molecule has 2 aliphatic carbocycles. The molecule has 0 amide bonds. The van der Waals surface area contributed by atoms with Crippen LogP contribution in [0, 0.1) is 5.92 Å². The summed E-state index contributed by atoms with van der Waals surface area (Å²) in [7, 11) is 0. The molecule has 0 saturated heterocycles. The number of rotatable bonds is 6. The molecule has 0 spiro atoms. The number of allylic oxidation sites excluding steroid dienone is 4. The minimum absolute atomic E-state index is 0.0628. The maximum Gasteiger partial charge on any atom is 0.0543 e. The Morgan fingerprint density at radius 3 is 1.12 bits per heavy atom. The van der Waals surface area contributed by atoms with Gasteiger partial charge in [0.1, 0.15) is 0 Å². The van der Waals surface area contributed by atoms with Crippen LogP contribution in [0.5, 0.6) is 0 Å². The van der Waals surface area contributed by atoms with Crippen LogP contribution in [0.1, 0.15) is 122 Å². The van der Waals surface area contributed by atoms with E-state index >= 15 is 0 Å². The minimum Gasteiger partial charge on any atom is -0.314 e. The lowest BCUT2D eigenvalue weighted by Gasteiger charge is -2.40. The zero-order valence-corrected chi connectivity index (χ0v) is 38.1. The number of fused-ring (bicyclic) bond motifs is 5. The molecule has 0 radical (unpaired) electrons. The van der Waals surface area contributed by atoms with E-state index in [0.717, 1.165) is 11.4 Å². The highest BCUT2D eigenvalue weighted by Crippen LogP contribution is 2.51. The summed E-state index contributed by atoms with van der Waals surface area (Å²) in [6, 6.07) is 48.6. The number of nitrogens with zero attached hydrogens (tertiary/aromatic N) is 2. The van der Waals surface area contributed by atoms with Crippen molar-refractivity contribution in [1.82, 2.24) is 0 Å². The first-order chi connectivity index (χ1) is 28.3. The van der Waals surface area contributed by atoms with Gasteiger partial charge in [-0.1, -0.05) is 180 Å². The molecule has 8 rings (SSSR count). The smallest absolute Gasteiger partial charge is 0.0543 e. The van der Waals surface area contributed by atoms with Crippen LogP contribution in [-0.2, 0) is 21.7 Å². The van der Waals surface area contributed by atoms with Crippen LogP contribution in [0.2, 0.25) is 0 Å². The van der Waals surface area contributed by atoms with Crippen molar-refractivity contribution in [3.63, 3.8) is 0 Å². The molecule has 2 heteroatoms. The zero-order chi connectivity index (χ0) is 42.8. The Morgan fingerprint density at radius 1 is 0.383 bits per heavy atom. The second-order valence-corrected chi connectivity index (χ2v) is 21.2. The molecule has 60 heavy (non-hydrogen) atoms. The van der Waals surface area contributed by atoms with Gasteiger partial charge in [0, 0.05) is 45.7 Å². The summed E-state index contributed by atoms with van der Waals surface area (Å²) in [6.07, 6.45) is 11.8. The van der Waals surface area contributed by atoms with Gasteiger partial charge in [-0.3, -0.25) is 0 Å². The lowest BCUT2D eigenvalue weighted by molar-refractivity contribution is 0.589. The average Bonchev–Trinajstić information content (AvgIpc) is 3.21. The van der Waals surface area contributed by atoms with E-state index in [0.29, 0.717) is 0 Å². The van der Waals surface area contributed by atoms with E-state index in [1.54, 1.807) is 0 Å². The first-order valence-electron chi connectivity index (χ1n) is 21.9. The highest BCUT2D eigenvalue weighted by molar-refractivity contribution is 6.05. The first-order valence-corrected chi connectivity index (χ1v) is 21.9. The highest BCUT2D eigenvalue weighted by Gasteiger charge is 2.36. The average molecular weight is 789 g/mol. The summed E-state index contributed by atoms with van der Waals surface area (Å²) in [6.45, 7) is 27.5. The Bertz CT molecular complexity index is 2470. The molecule has 6 aromatic rings. The summed E-state index contributed by atoms with van der Waals surface area (Å²) in [5.74, 6) is 0.277. The number of hydrogen-bond acceptors (Lipinski definition) is 2. The van der Waals surface area contributed by atoms with E-state index < -0.39 is 0 Å². The Labute approximate surface area is 361 Å². The van der Waals surface area contributed by atoms with Crippen molar-refractivity contribution in [3.8, 4) is 0 Å². The third kappa shape index (κ3) is 7.90. The molecule has 0 heterocycles.